The molecule has 4 bridgehead atoms. The van der Waals surface area contributed by atoms with Gasteiger partial charge >= 0.3 is 0 Å². The van der Waals surface area contributed by atoms with Gasteiger partial charge in [0.15, 0.2) is 0 Å². The molecular formula is C18H25N3O2. The number of hydrogen-bond donors (Lipinski definition) is 2. The van der Waals surface area contributed by atoms with Crippen LogP contribution in [0.1, 0.15) is 58.1 Å². The third kappa shape index (κ3) is 1.88. The van der Waals surface area contributed by atoms with Crippen molar-refractivity contribution < 1.29 is 16.8 Å². The topological polar surface area (TPSA) is 90.3 Å². The third-order valence-electron chi connectivity index (χ3n) is 6.66. The summed E-state index contributed by atoms with van der Waals surface area (Å²) in [6.45, 7) is 0. The van der Waals surface area contributed by atoms with E-state index in [0.717, 1.165) is 11.3 Å². The van der Waals surface area contributed by atoms with Crippen molar-refractivity contribution in [2.24, 2.45) is 28.9 Å². The Kier molecular flexibility index (Phi) is 1.86. The summed E-state index contributed by atoms with van der Waals surface area (Å²) < 4.78 is 41.4. The SMILES string of the molecule is [2H]C1([2H])[C@H]2[C@@H](N(C(=O)[C@]([2H])(N)C34CC5CC(CC(O)(C5)C3)C4)[C@@H]1C#N)C2([2H])[2H]. The van der Waals surface area contributed by atoms with Crippen molar-refractivity contribution >= 4 is 5.91 Å². The maximum Gasteiger partial charge on any atom is 0.241 e. The largest absolute Gasteiger partial charge is 0.390 e. The van der Waals surface area contributed by atoms with E-state index in [0.29, 0.717) is 25.7 Å². The molecule has 1 aliphatic heterocycles. The van der Waals surface area contributed by atoms with Gasteiger partial charge in [0.2, 0.25) is 5.91 Å². The maximum atomic E-state index is 13.5. The maximum absolute atomic E-state index is 13.5. The molecular weight excluding hydrogens is 290 g/mol. The number of hydrogen-bond acceptors (Lipinski definition) is 4. The number of aliphatic hydroxyl groups is 1. The first-order chi connectivity index (χ1) is 12.8. The van der Waals surface area contributed by atoms with Gasteiger partial charge in [0, 0.05) is 11.5 Å². The van der Waals surface area contributed by atoms with Gasteiger partial charge in [0.05, 0.1) is 19.1 Å². The average Bonchev–Trinajstić information content (AvgIpc) is 3.00. The zero-order chi connectivity index (χ0) is 20.5. The quantitative estimate of drug-likeness (QED) is 0.799. The number of nitriles is 1. The molecule has 23 heavy (non-hydrogen) atoms. The Morgan fingerprint density at radius 3 is 2.70 bits per heavy atom. The Balaban J connectivity index is 1.52. The van der Waals surface area contributed by atoms with E-state index in [2.05, 4.69) is 0 Å². The van der Waals surface area contributed by atoms with E-state index in [4.69, 9.17) is 12.6 Å². The van der Waals surface area contributed by atoms with E-state index in [1.807, 2.05) is 6.07 Å². The molecule has 1 saturated heterocycles. The van der Waals surface area contributed by atoms with Gasteiger partial charge in [0.25, 0.3) is 0 Å². The number of nitrogens with two attached hydrogens (primary N) is 1. The van der Waals surface area contributed by atoms with Crippen LogP contribution < -0.4 is 5.73 Å². The molecule has 5 heteroatoms. The summed E-state index contributed by atoms with van der Waals surface area (Å²) in [4.78, 5) is 14.4. The number of carbonyl (C=O) groups excluding carboxylic acids is 1. The molecule has 5 saturated carbocycles. The van der Waals surface area contributed by atoms with Crippen molar-refractivity contribution in [1.82, 2.24) is 4.90 Å². The molecule has 0 radical (unpaired) electrons. The van der Waals surface area contributed by atoms with Crippen molar-refractivity contribution in [1.29, 1.82) is 5.26 Å². The summed E-state index contributed by atoms with van der Waals surface area (Å²) in [7, 11) is 0. The highest BCUT2D eigenvalue weighted by Gasteiger charge is 2.62. The van der Waals surface area contributed by atoms with Gasteiger partial charge in [-0.15, -0.1) is 0 Å². The molecule has 6 fully saturated rings. The molecule has 6 rings (SSSR count). The van der Waals surface area contributed by atoms with E-state index < -0.39 is 53.7 Å². The van der Waals surface area contributed by atoms with Gasteiger partial charge in [-0.25, -0.2) is 0 Å². The predicted octanol–water partition coefficient (Wildman–Crippen LogP) is 1.16. The van der Waals surface area contributed by atoms with Crippen LogP contribution in [0.5, 0.6) is 0 Å². The van der Waals surface area contributed by atoms with Gasteiger partial charge in [0.1, 0.15) is 6.04 Å². The molecule has 0 spiro atoms. The molecule has 0 aromatic rings. The molecule has 0 aromatic heterocycles. The van der Waals surface area contributed by atoms with Gasteiger partial charge in [-0.05, 0) is 74.4 Å². The summed E-state index contributed by atoms with van der Waals surface area (Å²) in [5.74, 6) is -1.53. The van der Waals surface area contributed by atoms with E-state index in [-0.39, 0.29) is 18.3 Å². The molecule has 6 aliphatic rings. The van der Waals surface area contributed by atoms with Crippen LogP contribution in [0.2, 0.25) is 0 Å². The van der Waals surface area contributed by atoms with Crippen LogP contribution in [-0.4, -0.2) is 39.6 Å². The number of amides is 1. The van der Waals surface area contributed by atoms with E-state index in [1.54, 1.807) is 0 Å². The lowest BCUT2D eigenvalue weighted by atomic mass is 9.46. The Morgan fingerprint density at radius 1 is 1.39 bits per heavy atom. The van der Waals surface area contributed by atoms with E-state index in [1.165, 1.54) is 0 Å². The number of nitrogens with zero attached hydrogens (tertiary/aromatic N) is 2. The zero-order valence-electron chi connectivity index (χ0n) is 18.0. The van der Waals surface area contributed by atoms with Crippen molar-refractivity contribution in [2.45, 2.75) is 75.0 Å². The van der Waals surface area contributed by atoms with Crippen LogP contribution in [0.4, 0.5) is 0 Å². The summed E-state index contributed by atoms with van der Waals surface area (Å²) in [5, 5.41) is 20.5. The fourth-order valence-corrected chi connectivity index (χ4v) is 6.16. The number of rotatable bonds is 2. The van der Waals surface area contributed by atoms with Crippen molar-refractivity contribution in [2.75, 3.05) is 0 Å². The predicted molar refractivity (Wildman–Crippen MR) is 82.8 cm³/mol. The lowest BCUT2D eigenvalue weighted by Gasteiger charge is -2.61. The minimum atomic E-state index is -2.19. The van der Waals surface area contributed by atoms with Crippen molar-refractivity contribution in [3.8, 4) is 6.07 Å². The summed E-state index contributed by atoms with van der Waals surface area (Å²) in [6.07, 6.45) is -0.429. The molecule has 5 nitrogen and oxygen atoms in total. The van der Waals surface area contributed by atoms with Crippen LogP contribution >= 0.6 is 0 Å². The normalized spacial score (nSPS) is 62.7. The van der Waals surface area contributed by atoms with Crippen LogP contribution in [0.25, 0.3) is 0 Å². The summed E-state index contributed by atoms with van der Waals surface area (Å²) in [6, 6.07) is -2.83. The fraction of sp³-hybridized carbons (Fsp3) is 0.889. The monoisotopic (exact) mass is 320 g/mol. The molecule has 0 aromatic carbocycles. The summed E-state index contributed by atoms with van der Waals surface area (Å²) >= 11 is 0. The molecule has 6 atom stereocenters. The highest BCUT2D eigenvalue weighted by molar-refractivity contribution is 5.84. The van der Waals surface area contributed by atoms with E-state index >= 15 is 0 Å². The number of fused-ring (bicyclic) bond motifs is 1. The van der Waals surface area contributed by atoms with Gasteiger partial charge in [-0.2, -0.15) is 5.26 Å². The Labute approximate surface area is 143 Å². The Morgan fingerprint density at radius 2 is 2.09 bits per heavy atom. The zero-order valence-corrected chi connectivity index (χ0v) is 13.0. The van der Waals surface area contributed by atoms with Crippen molar-refractivity contribution in [3.05, 3.63) is 0 Å². The van der Waals surface area contributed by atoms with Crippen molar-refractivity contribution in [3.63, 3.8) is 0 Å². The number of carbonyl (C=O) groups is 1. The van der Waals surface area contributed by atoms with Crippen LogP contribution in [0.15, 0.2) is 0 Å². The van der Waals surface area contributed by atoms with E-state index in [9.17, 15) is 15.2 Å². The second kappa shape index (κ2) is 4.29. The van der Waals surface area contributed by atoms with Crippen LogP contribution in [0, 0.1) is 34.5 Å². The van der Waals surface area contributed by atoms with Gasteiger partial charge in [-0.1, -0.05) is 0 Å². The smallest absolute Gasteiger partial charge is 0.241 e. The molecule has 3 N–H and O–H groups in total. The lowest BCUT2D eigenvalue weighted by Crippen LogP contribution is -2.64. The first-order valence-corrected chi connectivity index (χ1v) is 8.53. The molecule has 1 amide bonds. The third-order valence-corrected chi connectivity index (χ3v) is 6.66. The van der Waals surface area contributed by atoms with Crippen LogP contribution in [0.3, 0.4) is 0 Å². The summed E-state index contributed by atoms with van der Waals surface area (Å²) in [5.41, 5.74) is 4.55. The second-order valence-electron chi connectivity index (χ2n) is 8.38. The standard InChI is InChI=1S/C18H25N3O2/c19-8-13-2-12-3-14(12)21(13)16(22)15(20)17-4-10-1-11(5-17)7-18(23,6-10)9-17/h10-15,23H,1-7,9,20H2/t10?,11?,12-,13+,14+,15+,17?,18?/m1/s1/i2D2,3D2,15D. The Bertz CT molecular complexity index is 796. The first kappa shape index (κ1) is 10.0. The van der Waals surface area contributed by atoms with Crippen LogP contribution in [-0.2, 0) is 4.79 Å². The molecule has 124 valence electrons. The average molecular weight is 320 g/mol. The van der Waals surface area contributed by atoms with Gasteiger partial charge in [-0.3, -0.25) is 4.79 Å². The highest BCUT2D eigenvalue weighted by atomic mass is 16.3. The first-order valence-electron chi connectivity index (χ1n) is 11.0. The minimum absolute atomic E-state index is 0.212. The highest BCUT2D eigenvalue weighted by Crippen LogP contribution is 2.63. The fourth-order valence-electron chi connectivity index (χ4n) is 6.16. The lowest BCUT2D eigenvalue weighted by molar-refractivity contribution is -0.177. The Hall–Kier alpha value is -1.12. The van der Waals surface area contributed by atoms with Gasteiger partial charge < -0.3 is 15.7 Å². The molecule has 5 aliphatic carbocycles. The number of piperidine rings is 1. The molecule has 2 unspecified atom stereocenters. The minimum Gasteiger partial charge on any atom is -0.390 e. The second-order valence-corrected chi connectivity index (χ2v) is 8.38. The number of likely N-dealkylation sites (tertiary alicyclic amines) is 1. The molecule has 1 heterocycles.